The Bertz CT molecular complexity index is 394. The number of piperidine rings is 1. The van der Waals surface area contributed by atoms with Crippen LogP contribution >= 0.6 is 15.9 Å². The second-order valence-corrected chi connectivity index (χ2v) is 5.61. The van der Waals surface area contributed by atoms with Gasteiger partial charge in [-0.15, -0.1) is 0 Å². The molecule has 3 nitrogen and oxygen atoms in total. The second-order valence-electron chi connectivity index (χ2n) is 4.82. The number of para-hydroxylation sites is 1. The highest BCUT2D eigenvalue weighted by Crippen LogP contribution is 2.20. The Labute approximate surface area is 123 Å². The van der Waals surface area contributed by atoms with Crippen molar-refractivity contribution in [1.82, 2.24) is 4.90 Å². The number of nitrogens with zero attached hydrogens (tertiary/aromatic N) is 1. The van der Waals surface area contributed by atoms with Crippen LogP contribution in [0.15, 0.2) is 30.3 Å². The topological polar surface area (TPSA) is 29.5 Å². The maximum atomic E-state index is 12.2. The van der Waals surface area contributed by atoms with E-state index in [2.05, 4.69) is 15.9 Å². The van der Waals surface area contributed by atoms with Crippen molar-refractivity contribution < 1.29 is 9.53 Å². The first-order valence-electron chi connectivity index (χ1n) is 6.84. The third-order valence-electron chi connectivity index (χ3n) is 3.50. The van der Waals surface area contributed by atoms with Gasteiger partial charge in [0.15, 0.2) is 6.61 Å². The summed E-state index contributed by atoms with van der Waals surface area (Å²) in [6, 6.07) is 9.88. The van der Waals surface area contributed by atoms with Crippen LogP contribution in [0.4, 0.5) is 0 Å². The van der Waals surface area contributed by atoms with Crippen LogP contribution in [-0.2, 0) is 4.79 Å². The molecule has 1 amide bonds. The van der Waals surface area contributed by atoms with E-state index in [1.807, 2.05) is 35.2 Å². The molecule has 1 aromatic rings. The number of likely N-dealkylation sites (tertiary alicyclic amines) is 1. The fourth-order valence-corrected chi connectivity index (χ4v) is 3.03. The summed E-state index contributed by atoms with van der Waals surface area (Å²) in [4.78, 5) is 14.2. The SMILES string of the molecule is O=C(COc1ccccc1)N1CCCCC1CCBr. The number of hydrogen-bond donors (Lipinski definition) is 0. The molecule has 1 aromatic carbocycles. The van der Waals surface area contributed by atoms with Gasteiger partial charge in [-0.05, 0) is 37.8 Å². The number of ether oxygens (including phenoxy) is 1. The van der Waals surface area contributed by atoms with Gasteiger partial charge < -0.3 is 9.64 Å². The fraction of sp³-hybridized carbons (Fsp3) is 0.533. The maximum Gasteiger partial charge on any atom is 0.260 e. The molecule has 1 unspecified atom stereocenters. The van der Waals surface area contributed by atoms with Crippen LogP contribution in [0.2, 0.25) is 0 Å². The number of hydrogen-bond acceptors (Lipinski definition) is 2. The van der Waals surface area contributed by atoms with Gasteiger partial charge in [0.1, 0.15) is 5.75 Å². The number of alkyl halides is 1. The molecule has 0 bridgehead atoms. The Hall–Kier alpha value is -1.03. The lowest BCUT2D eigenvalue weighted by molar-refractivity contribution is -0.137. The van der Waals surface area contributed by atoms with Gasteiger partial charge in [0.25, 0.3) is 5.91 Å². The lowest BCUT2D eigenvalue weighted by Gasteiger charge is -2.35. The smallest absolute Gasteiger partial charge is 0.260 e. The van der Waals surface area contributed by atoms with Crippen molar-refractivity contribution in [1.29, 1.82) is 0 Å². The summed E-state index contributed by atoms with van der Waals surface area (Å²) in [7, 11) is 0. The molecule has 1 fully saturated rings. The fourth-order valence-electron chi connectivity index (χ4n) is 2.50. The van der Waals surface area contributed by atoms with Gasteiger partial charge in [0, 0.05) is 17.9 Å². The zero-order chi connectivity index (χ0) is 13.5. The average molecular weight is 326 g/mol. The molecule has 0 N–H and O–H groups in total. The Balaban J connectivity index is 1.87. The molecular weight excluding hydrogens is 306 g/mol. The van der Waals surface area contributed by atoms with E-state index >= 15 is 0 Å². The second kappa shape index (κ2) is 7.53. The average Bonchev–Trinajstić information content (AvgIpc) is 2.47. The van der Waals surface area contributed by atoms with E-state index < -0.39 is 0 Å². The molecule has 1 heterocycles. The lowest BCUT2D eigenvalue weighted by atomic mass is 10.00. The van der Waals surface area contributed by atoms with E-state index in [0.29, 0.717) is 6.04 Å². The molecular formula is C15H20BrNO2. The molecule has 0 spiro atoms. The predicted octanol–water partition coefficient (Wildman–Crippen LogP) is 3.23. The van der Waals surface area contributed by atoms with Crippen molar-refractivity contribution in [2.75, 3.05) is 18.5 Å². The van der Waals surface area contributed by atoms with Crippen molar-refractivity contribution in [3.8, 4) is 5.75 Å². The maximum absolute atomic E-state index is 12.2. The number of carbonyl (C=O) groups is 1. The zero-order valence-electron chi connectivity index (χ0n) is 11.1. The first-order chi connectivity index (χ1) is 9.31. The van der Waals surface area contributed by atoms with Crippen molar-refractivity contribution in [2.24, 2.45) is 0 Å². The molecule has 1 atom stereocenters. The van der Waals surface area contributed by atoms with Crippen molar-refractivity contribution in [3.63, 3.8) is 0 Å². The highest BCUT2D eigenvalue weighted by Gasteiger charge is 2.26. The Morgan fingerprint density at radius 3 is 2.84 bits per heavy atom. The quantitative estimate of drug-likeness (QED) is 0.778. The number of benzene rings is 1. The van der Waals surface area contributed by atoms with Gasteiger partial charge in [0.05, 0.1) is 0 Å². The summed E-state index contributed by atoms with van der Waals surface area (Å²) in [5.74, 6) is 0.861. The summed E-state index contributed by atoms with van der Waals surface area (Å²) < 4.78 is 5.54. The van der Waals surface area contributed by atoms with Gasteiger partial charge in [-0.1, -0.05) is 34.1 Å². The van der Waals surface area contributed by atoms with E-state index in [9.17, 15) is 4.79 Å². The Morgan fingerprint density at radius 2 is 2.11 bits per heavy atom. The summed E-state index contributed by atoms with van der Waals surface area (Å²) >= 11 is 3.47. The number of carbonyl (C=O) groups excluding carboxylic acids is 1. The van der Waals surface area contributed by atoms with Crippen LogP contribution in [0.1, 0.15) is 25.7 Å². The van der Waals surface area contributed by atoms with Crippen molar-refractivity contribution >= 4 is 21.8 Å². The lowest BCUT2D eigenvalue weighted by Crippen LogP contribution is -2.46. The largest absolute Gasteiger partial charge is 0.484 e. The minimum absolute atomic E-state index is 0.106. The molecule has 4 heteroatoms. The first kappa shape index (κ1) is 14.4. The molecule has 0 saturated carbocycles. The monoisotopic (exact) mass is 325 g/mol. The third-order valence-corrected chi connectivity index (χ3v) is 3.95. The minimum atomic E-state index is 0.106. The van der Waals surface area contributed by atoms with Crippen LogP contribution in [-0.4, -0.2) is 35.3 Å². The molecule has 1 aliphatic heterocycles. The Kier molecular flexibility index (Phi) is 5.70. The molecule has 2 rings (SSSR count). The molecule has 0 aromatic heterocycles. The summed E-state index contributed by atoms with van der Waals surface area (Å²) in [5.41, 5.74) is 0. The molecule has 1 saturated heterocycles. The highest BCUT2D eigenvalue weighted by atomic mass is 79.9. The van der Waals surface area contributed by atoms with Gasteiger partial charge in [-0.25, -0.2) is 0 Å². The normalized spacial score (nSPS) is 19.2. The van der Waals surface area contributed by atoms with Gasteiger partial charge in [0.2, 0.25) is 0 Å². The van der Waals surface area contributed by atoms with E-state index in [0.717, 1.165) is 36.9 Å². The molecule has 0 aliphatic carbocycles. The van der Waals surface area contributed by atoms with Gasteiger partial charge >= 0.3 is 0 Å². The first-order valence-corrected chi connectivity index (χ1v) is 7.96. The number of rotatable bonds is 5. The van der Waals surface area contributed by atoms with Crippen LogP contribution in [0.5, 0.6) is 5.75 Å². The third kappa shape index (κ3) is 4.23. The van der Waals surface area contributed by atoms with Crippen LogP contribution in [0.3, 0.4) is 0 Å². The number of halogens is 1. The zero-order valence-corrected chi connectivity index (χ0v) is 12.6. The van der Waals surface area contributed by atoms with Crippen LogP contribution in [0.25, 0.3) is 0 Å². The molecule has 104 valence electrons. The van der Waals surface area contributed by atoms with E-state index in [1.165, 1.54) is 6.42 Å². The predicted molar refractivity (Wildman–Crippen MR) is 79.7 cm³/mol. The van der Waals surface area contributed by atoms with Crippen molar-refractivity contribution in [3.05, 3.63) is 30.3 Å². The summed E-state index contributed by atoms with van der Waals surface area (Å²) in [6.07, 6.45) is 4.47. The van der Waals surface area contributed by atoms with Crippen LogP contribution < -0.4 is 4.74 Å². The molecule has 1 aliphatic rings. The van der Waals surface area contributed by atoms with E-state index in [1.54, 1.807) is 0 Å². The summed E-state index contributed by atoms with van der Waals surface area (Å²) in [5, 5.41) is 0.945. The van der Waals surface area contributed by atoms with Gasteiger partial charge in [-0.2, -0.15) is 0 Å². The summed E-state index contributed by atoms with van der Waals surface area (Å²) in [6.45, 7) is 1.01. The highest BCUT2D eigenvalue weighted by molar-refractivity contribution is 9.09. The Morgan fingerprint density at radius 1 is 1.32 bits per heavy atom. The van der Waals surface area contributed by atoms with Crippen molar-refractivity contribution in [2.45, 2.75) is 31.7 Å². The van der Waals surface area contributed by atoms with E-state index in [-0.39, 0.29) is 12.5 Å². The van der Waals surface area contributed by atoms with Gasteiger partial charge in [-0.3, -0.25) is 4.79 Å². The standard InChI is InChI=1S/C15H20BrNO2/c16-10-9-13-6-4-5-11-17(13)15(18)12-19-14-7-2-1-3-8-14/h1-3,7-8,13H,4-6,9-12H2. The molecule has 0 radical (unpaired) electrons. The number of amides is 1. The minimum Gasteiger partial charge on any atom is -0.484 e. The van der Waals surface area contributed by atoms with Crippen LogP contribution in [0, 0.1) is 0 Å². The molecule has 19 heavy (non-hydrogen) atoms. The van der Waals surface area contributed by atoms with E-state index in [4.69, 9.17) is 4.74 Å².